The van der Waals surface area contributed by atoms with Crippen LogP contribution in [0.5, 0.6) is 23.0 Å². The molecule has 0 aromatic heterocycles. The Morgan fingerprint density at radius 3 is 1.82 bits per heavy atom. The number of carbonyl (C=O) groups is 1. The van der Waals surface area contributed by atoms with Crippen LogP contribution in [0.15, 0.2) is 29.4 Å². The molecule has 2 aliphatic heterocycles. The van der Waals surface area contributed by atoms with Crippen LogP contribution in [0.2, 0.25) is 0 Å². The topological polar surface area (TPSA) is 86.6 Å². The molecule has 2 aliphatic rings. The molecule has 7 nitrogen and oxygen atoms in total. The van der Waals surface area contributed by atoms with Crippen LogP contribution in [0.25, 0.3) is 0 Å². The van der Waals surface area contributed by atoms with Gasteiger partial charge in [0, 0.05) is 29.5 Å². The number of benzene rings is 2. The van der Waals surface area contributed by atoms with Gasteiger partial charge in [-0.05, 0) is 51.0 Å². The number of rotatable bonds is 8. The van der Waals surface area contributed by atoms with Crippen molar-refractivity contribution in [3.63, 3.8) is 0 Å². The van der Waals surface area contributed by atoms with Gasteiger partial charge < -0.3 is 24.2 Å². The fourth-order valence-electron chi connectivity index (χ4n) is 3.68. The lowest BCUT2D eigenvalue weighted by Crippen LogP contribution is -2.03. The van der Waals surface area contributed by atoms with Crippen LogP contribution < -0.4 is 18.9 Å². The van der Waals surface area contributed by atoms with Crippen LogP contribution in [0, 0.1) is 0 Å². The second-order valence-corrected chi connectivity index (χ2v) is 8.05. The van der Waals surface area contributed by atoms with Crippen molar-refractivity contribution in [3.8, 4) is 23.0 Å². The molecule has 0 atom stereocenters. The van der Waals surface area contributed by atoms with Crippen LogP contribution in [0.3, 0.4) is 0 Å². The van der Waals surface area contributed by atoms with E-state index in [1.165, 1.54) is 0 Å². The number of hydrogen-bond donors (Lipinski definition) is 1. The summed E-state index contributed by atoms with van der Waals surface area (Å²) in [4.78, 5) is 11.5. The van der Waals surface area contributed by atoms with Crippen molar-refractivity contribution >= 4 is 11.5 Å². The first kappa shape index (κ1) is 24.4. The Balaban J connectivity index is 0.000000186. The van der Waals surface area contributed by atoms with E-state index < -0.39 is 0 Å². The van der Waals surface area contributed by atoms with Crippen LogP contribution in [0.1, 0.15) is 67.6 Å². The fourth-order valence-corrected chi connectivity index (χ4v) is 3.68. The minimum atomic E-state index is 0.0180. The normalized spacial score (nSPS) is 13.8. The zero-order chi connectivity index (χ0) is 23.8. The number of hydrogen-bond acceptors (Lipinski definition) is 7. The van der Waals surface area contributed by atoms with E-state index in [2.05, 4.69) is 12.1 Å². The van der Waals surface area contributed by atoms with Gasteiger partial charge in [-0.15, -0.1) is 0 Å². The molecule has 0 bridgehead atoms. The number of Topliss-reactive ketones (excluding diaryl/α,β-unsaturated/α-hetero) is 1. The van der Waals surface area contributed by atoms with Crippen molar-refractivity contribution in [2.45, 2.75) is 53.4 Å². The SMILES string of the molecule is CCCOc1cc2c(cc1C(C)=NO)OCC2.CCCOc1cc2c(cc1C(C)=O)OCC2. The van der Waals surface area contributed by atoms with Crippen molar-refractivity contribution in [1.29, 1.82) is 0 Å². The van der Waals surface area contributed by atoms with Gasteiger partial charge in [-0.3, -0.25) is 4.79 Å². The summed E-state index contributed by atoms with van der Waals surface area (Å²) in [7, 11) is 0. The average molecular weight is 456 g/mol. The highest BCUT2D eigenvalue weighted by molar-refractivity contribution is 6.01. The lowest BCUT2D eigenvalue weighted by atomic mass is 10.1. The molecule has 0 aliphatic carbocycles. The van der Waals surface area contributed by atoms with Crippen LogP contribution >= 0.6 is 0 Å². The molecule has 0 unspecified atom stereocenters. The minimum Gasteiger partial charge on any atom is -0.493 e. The fraction of sp³-hybridized carbons (Fsp3) is 0.462. The smallest absolute Gasteiger partial charge is 0.163 e. The summed E-state index contributed by atoms with van der Waals surface area (Å²) in [6.45, 7) is 10.1. The van der Waals surface area contributed by atoms with Gasteiger partial charge in [0.1, 0.15) is 23.0 Å². The third kappa shape index (κ3) is 5.97. The van der Waals surface area contributed by atoms with Gasteiger partial charge in [-0.2, -0.15) is 0 Å². The van der Waals surface area contributed by atoms with Gasteiger partial charge in [0.25, 0.3) is 0 Å². The summed E-state index contributed by atoms with van der Waals surface area (Å²) >= 11 is 0. The monoisotopic (exact) mass is 455 g/mol. The van der Waals surface area contributed by atoms with Crippen LogP contribution in [-0.2, 0) is 12.8 Å². The quantitative estimate of drug-likeness (QED) is 0.254. The van der Waals surface area contributed by atoms with E-state index in [1.807, 2.05) is 25.1 Å². The summed E-state index contributed by atoms with van der Waals surface area (Å²) in [5.41, 5.74) is 4.24. The third-order valence-electron chi connectivity index (χ3n) is 5.43. The van der Waals surface area contributed by atoms with Crippen molar-refractivity contribution in [3.05, 3.63) is 46.5 Å². The van der Waals surface area contributed by atoms with E-state index >= 15 is 0 Å². The Hall–Kier alpha value is -3.22. The lowest BCUT2D eigenvalue weighted by molar-refractivity contribution is 0.101. The van der Waals surface area contributed by atoms with Crippen molar-refractivity contribution < 1.29 is 28.9 Å². The summed E-state index contributed by atoms with van der Waals surface area (Å²) in [6.07, 6.45) is 3.69. The standard InChI is InChI=1S/C13H17NO3.C13H16O3/c1-3-5-16-13-7-10-4-6-17-12(10)8-11(13)9(2)14-15;1-3-5-15-13-7-10-4-6-16-12(10)8-11(13)9(2)14/h7-8,15H,3-6H2,1-2H3;7-8H,3-6H2,1-2H3. The molecule has 7 heteroatoms. The van der Waals surface area contributed by atoms with E-state index in [1.54, 1.807) is 19.9 Å². The Bertz CT molecular complexity index is 1010. The number of fused-ring (bicyclic) bond motifs is 2. The summed E-state index contributed by atoms with van der Waals surface area (Å²) < 4.78 is 22.2. The van der Waals surface area contributed by atoms with E-state index in [0.29, 0.717) is 43.5 Å². The van der Waals surface area contributed by atoms with Crippen LogP contribution in [-0.4, -0.2) is 43.1 Å². The van der Waals surface area contributed by atoms with Crippen molar-refractivity contribution in [1.82, 2.24) is 0 Å². The summed E-state index contributed by atoms with van der Waals surface area (Å²) in [5, 5.41) is 12.1. The Kier molecular flexibility index (Phi) is 8.58. The largest absolute Gasteiger partial charge is 0.493 e. The van der Waals surface area contributed by atoms with Gasteiger partial charge >= 0.3 is 0 Å². The van der Waals surface area contributed by atoms with E-state index in [0.717, 1.165) is 59.6 Å². The zero-order valence-corrected chi connectivity index (χ0v) is 19.9. The highest BCUT2D eigenvalue weighted by atomic mass is 16.5. The molecule has 178 valence electrons. The second kappa shape index (κ2) is 11.6. The van der Waals surface area contributed by atoms with Gasteiger partial charge in [0.2, 0.25) is 0 Å². The van der Waals surface area contributed by atoms with E-state index in [-0.39, 0.29) is 5.78 Å². The summed E-state index contributed by atoms with van der Waals surface area (Å²) in [5.74, 6) is 3.18. The molecule has 0 saturated heterocycles. The van der Waals surface area contributed by atoms with Gasteiger partial charge in [0.05, 0.1) is 37.7 Å². The molecule has 2 aromatic rings. The highest BCUT2D eigenvalue weighted by Gasteiger charge is 2.19. The van der Waals surface area contributed by atoms with Crippen molar-refractivity contribution in [2.75, 3.05) is 26.4 Å². The second-order valence-electron chi connectivity index (χ2n) is 8.05. The number of carbonyl (C=O) groups excluding carboxylic acids is 1. The Labute approximate surface area is 195 Å². The molecule has 0 amide bonds. The van der Waals surface area contributed by atoms with E-state index in [9.17, 15) is 4.79 Å². The Morgan fingerprint density at radius 1 is 0.879 bits per heavy atom. The molecule has 0 radical (unpaired) electrons. The maximum Gasteiger partial charge on any atom is 0.163 e. The third-order valence-corrected chi connectivity index (χ3v) is 5.43. The number of nitrogens with zero attached hydrogens (tertiary/aromatic N) is 1. The molecule has 33 heavy (non-hydrogen) atoms. The Morgan fingerprint density at radius 2 is 1.36 bits per heavy atom. The average Bonchev–Trinajstić information content (AvgIpc) is 3.48. The molecule has 4 rings (SSSR count). The predicted molar refractivity (Wildman–Crippen MR) is 127 cm³/mol. The van der Waals surface area contributed by atoms with Gasteiger partial charge in [0.15, 0.2) is 5.78 Å². The number of oxime groups is 1. The minimum absolute atomic E-state index is 0.0180. The van der Waals surface area contributed by atoms with Gasteiger partial charge in [-0.1, -0.05) is 19.0 Å². The van der Waals surface area contributed by atoms with Crippen molar-refractivity contribution in [2.24, 2.45) is 5.16 Å². The molecule has 2 heterocycles. The first-order valence-electron chi connectivity index (χ1n) is 11.5. The highest BCUT2D eigenvalue weighted by Crippen LogP contribution is 2.34. The van der Waals surface area contributed by atoms with Crippen LogP contribution in [0.4, 0.5) is 0 Å². The molecular weight excluding hydrogens is 422 g/mol. The molecule has 0 spiro atoms. The lowest BCUT2D eigenvalue weighted by Gasteiger charge is -2.12. The molecule has 0 fully saturated rings. The van der Waals surface area contributed by atoms with Gasteiger partial charge in [-0.25, -0.2) is 0 Å². The zero-order valence-electron chi connectivity index (χ0n) is 19.9. The predicted octanol–water partition coefficient (Wildman–Crippen LogP) is 5.22. The first-order valence-corrected chi connectivity index (χ1v) is 11.5. The molecule has 0 saturated carbocycles. The molecule has 2 aromatic carbocycles. The number of ketones is 1. The van der Waals surface area contributed by atoms with E-state index in [4.69, 9.17) is 24.2 Å². The first-order chi connectivity index (χ1) is 16.0. The summed E-state index contributed by atoms with van der Waals surface area (Å²) in [6, 6.07) is 7.62. The molecule has 1 N–H and O–H groups in total. The molecular formula is C26H33NO6. The maximum atomic E-state index is 11.5. The maximum absolute atomic E-state index is 11.5. The number of ether oxygens (including phenoxy) is 4.